The Kier molecular flexibility index (Phi) is 6.50. The van der Waals surface area contributed by atoms with E-state index in [2.05, 4.69) is 5.32 Å². The molecule has 3 N–H and O–H groups in total. The third-order valence-electron chi connectivity index (χ3n) is 2.79. The molecule has 0 aromatic heterocycles. The van der Waals surface area contributed by atoms with E-state index >= 15 is 0 Å². The van der Waals surface area contributed by atoms with Gasteiger partial charge in [0, 0.05) is 23.8 Å². The Morgan fingerprint density at radius 2 is 1.71 bits per heavy atom. The molecule has 0 saturated carbocycles. The van der Waals surface area contributed by atoms with Crippen molar-refractivity contribution < 1.29 is 19.8 Å². The zero-order valence-electron chi connectivity index (χ0n) is 10.8. The summed E-state index contributed by atoms with van der Waals surface area (Å²) in [5.74, 6) is -1.30. The number of nitrogens with one attached hydrogen (secondary N) is 1. The first-order chi connectivity index (χ1) is 7.81. The summed E-state index contributed by atoms with van der Waals surface area (Å²) >= 11 is 0. The minimum Gasteiger partial charge on any atom is -0.478 e. The Balaban J connectivity index is 4.73. The van der Waals surface area contributed by atoms with Crippen molar-refractivity contribution in [3.63, 3.8) is 0 Å². The molecule has 0 aliphatic heterocycles. The molecule has 1 unspecified atom stereocenters. The van der Waals surface area contributed by atoms with Gasteiger partial charge in [-0.05, 0) is 26.2 Å². The number of aliphatic hydroxyl groups excluding tert-OH is 1. The Morgan fingerprint density at radius 3 is 2.06 bits per heavy atom. The lowest BCUT2D eigenvalue weighted by atomic mass is 10.0. The summed E-state index contributed by atoms with van der Waals surface area (Å²) in [5, 5.41) is 20.4. The fourth-order valence-electron chi connectivity index (χ4n) is 1.32. The predicted octanol–water partition coefficient (Wildman–Crippen LogP) is 0.931. The molecule has 5 heteroatoms. The Morgan fingerprint density at radius 1 is 1.18 bits per heavy atom. The van der Waals surface area contributed by atoms with Crippen molar-refractivity contribution in [3.8, 4) is 0 Å². The first-order valence-electron chi connectivity index (χ1n) is 5.63. The molecule has 0 aromatic rings. The van der Waals surface area contributed by atoms with Crippen molar-refractivity contribution in [1.29, 1.82) is 0 Å². The molecule has 17 heavy (non-hydrogen) atoms. The van der Waals surface area contributed by atoms with Crippen LogP contribution in [0, 0.1) is 5.92 Å². The van der Waals surface area contributed by atoms with Gasteiger partial charge >= 0.3 is 5.97 Å². The number of carboxylic acids is 1. The Bertz CT molecular complexity index is 320. The lowest BCUT2D eigenvalue weighted by Crippen LogP contribution is -2.40. The summed E-state index contributed by atoms with van der Waals surface area (Å²) in [6.07, 6.45) is 0.461. The summed E-state index contributed by atoms with van der Waals surface area (Å²) in [7, 11) is 0. The zero-order chi connectivity index (χ0) is 13.6. The number of carbonyl (C=O) groups excluding carboxylic acids is 1. The number of rotatable bonds is 6. The summed E-state index contributed by atoms with van der Waals surface area (Å²) in [5.41, 5.74) is 0.232. The van der Waals surface area contributed by atoms with E-state index in [1.807, 2.05) is 13.8 Å². The molecule has 0 saturated heterocycles. The molecule has 0 aliphatic carbocycles. The molecule has 1 atom stereocenters. The van der Waals surface area contributed by atoms with Gasteiger partial charge in [-0.1, -0.05) is 13.8 Å². The van der Waals surface area contributed by atoms with Gasteiger partial charge in [-0.3, -0.25) is 4.79 Å². The molecule has 0 fully saturated rings. The molecule has 0 radical (unpaired) electrons. The maximum absolute atomic E-state index is 11.8. The molecule has 0 heterocycles. The van der Waals surface area contributed by atoms with Crippen molar-refractivity contribution in [3.05, 3.63) is 11.1 Å². The van der Waals surface area contributed by atoms with Crippen molar-refractivity contribution in [2.45, 2.75) is 40.2 Å². The molecule has 0 rings (SSSR count). The highest BCUT2D eigenvalue weighted by Crippen LogP contribution is 2.09. The molecule has 1 amide bonds. The minimum atomic E-state index is -1.10. The maximum atomic E-state index is 11.8. The average Bonchev–Trinajstić information content (AvgIpc) is 2.25. The third kappa shape index (κ3) is 4.99. The molecular formula is C12H21NO4. The van der Waals surface area contributed by atoms with Gasteiger partial charge in [0.1, 0.15) is 0 Å². The van der Waals surface area contributed by atoms with E-state index in [1.54, 1.807) is 0 Å². The van der Waals surface area contributed by atoms with Gasteiger partial charge in [0.25, 0.3) is 0 Å². The SMILES string of the molecule is CC(C(=O)O)=C(C)C(=O)NC(CCO)C(C)C. The number of aliphatic hydroxyl groups is 1. The van der Waals surface area contributed by atoms with Crippen molar-refractivity contribution in [2.75, 3.05) is 6.61 Å². The van der Waals surface area contributed by atoms with Crippen molar-refractivity contribution >= 4 is 11.9 Å². The first kappa shape index (κ1) is 15.6. The number of carbonyl (C=O) groups is 2. The lowest BCUT2D eigenvalue weighted by Gasteiger charge is -2.21. The number of hydrogen-bond donors (Lipinski definition) is 3. The molecular weight excluding hydrogens is 222 g/mol. The van der Waals surface area contributed by atoms with Crippen LogP contribution in [0.5, 0.6) is 0 Å². The maximum Gasteiger partial charge on any atom is 0.331 e. The van der Waals surface area contributed by atoms with Crippen LogP contribution in [-0.4, -0.2) is 34.7 Å². The van der Waals surface area contributed by atoms with E-state index in [0.717, 1.165) is 0 Å². The highest BCUT2D eigenvalue weighted by atomic mass is 16.4. The minimum absolute atomic E-state index is 0.0101. The zero-order valence-corrected chi connectivity index (χ0v) is 10.8. The largest absolute Gasteiger partial charge is 0.478 e. The standard InChI is InChI=1S/C12H21NO4/c1-7(2)10(5-6-14)13-11(15)8(3)9(4)12(16)17/h7,10,14H,5-6H2,1-4H3,(H,13,15)(H,16,17). The van der Waals surface area contributed by atoms with Crippen LogP contribution in [0.2, 0.25) is 0 Å². The van der Waals surface area contributed by atoms with Crippen LogP contribution in [-0.2, 0) is 9.59 Å². The summed E-state index contributed by atoms with van der Waals surface area (Å²) in [6, 6.07) is -0.149. The smallest absolute Gasteiger partial charge is 0.331 e. The monoisotopic (exact) mass is 243 g/mol. The summed E-state index contributed by atoms with van der Waals surface area (Å²) in [4.78, 5) is 22.5. The van der Waals surface area contributed by atoms with Gasteiger partial charge in [0.2, 0.25) is 5.91 Å². The highest BCUT2D eigenvalue weighted by molar-refractivity contribution is 6.01. The molecule has 0 aromatic carbocycles. The Hall–Kier alpha value is -1.36. The second-order valence-corrected chi connectivity index (χ2v) is 4.39. The normalized spacial score (nSPS) is 14.2. The van der Waals surface area contributed by atoms with Gasteiger partial charge in [0.15, 0.2) is 0 Å². The highest BCUT2D eigenvalue weighted by Gasteiger charge is 2.18. The number of amides is 1. The quantitative estimate of drug-likeness (QED) is 0.606. The van der Waals surface area contributed by atoms with E-state index in [1.165, 1.54) is 13.8 Å². The Labute approximate surface area is 102 Å². The molecule has 0 spiro atoms. The average molecular weight is 243 g/mol. The van der Waals surface area contributed by atoms with E-state index in [9.17, 15) is 9.59 Å². The number of hydrogen-bond acceptors (Lipinski definition) is 3. The van der Waals surface area contributed by atoms with Crippen LogP contribution < -0.4 is 5.32 Å². The molecule has 98 valence electrons. The van der Waals surface area contributed by atoms with Gasteiger partial charge in [-0.25, -0.2) is 4.79 Å². The number of carboxylic acid groups (broad SMARTS) is 1. The lowest BCUT2D eigenvalue weighted by molar-refractivity contribution is -0.133. The second-order valence-electron chi connectivity index (χ2n) is 4.39. The van der Waals surface area contributed by atoms with Crippen molar-refractivity contribution in [1.82, 2.24) is 5.32 Å². The van der Waals surface area contributed by atoms with E-state index < -0.39 is 11.9 Å². The summed E-state index contributed by atoms with van der Waals surface area (Å²) in [6.45, 7) is 6.74. The van der Waals surface area contributed by atoms with Crippen LogP contribution in [0.25, 0.3) is 0 Å². The molecule has 5 nitrogen and oxygen atoms in total. The summed E-state index contributed by atoms with van der Waals surface area (Å²) < 4.78 is 0. The third-order valence-corrected chi connectivity index (χ3v) is 2.79. The second kappa shape index (κ2) is 7.06. The number of aliphatic carboxylic acids is 1. The molecule has 0 bridgehead atoms. The van der Waals surface area contributed by atoms with Gasteiger partial charge in [-0.2, -0.15) is 0 Å². The van der Waals surface area contributed by atoms with E-state index in [0.29, 0.717) is 6.42 Å². The van der Waals surface area contributed by atoms with Crippen LogP contribution in [0.4, 0.5) is 0 Å². The van der Waals surface area contributed by atoms with Gasteiger partial charge in [-0.15, -0.1) is 0 Å². The van der Waals surface area contributed by atoms with Gasteiger partial charge in [0.05, 0.1) is 0 Å². The van der Waals surface area contributed by atoms with E-state index in [-0.39, 0.29) is 29.7 Å². The van der Waals surface area contributed by atoms with Gasteiger partial charge < -0.3 is 15.5 Å². The molecule has 0 aliphatic rings. The fourth-order valence-corrected chi connectivity index (χ4v) is 1.32. The fraction of sp³-hybridized carbons (Fsp3) is 0.667. The topological polar surface area (TPSA) is 86.6 Å². The van der Waals surface area contributed by atoms with E-state index in [4.69, 9.17) is 10.2 Å². The van der Waals surface area contributed by atoms with Crippen LogP contribution >= 0.6 is 0 Å². The van der Waals surface area contributed by atoms with Crippen LogP contribution in [0.15, 0.2) is 11.1 Å². The van der Waals surface area contributed by atoms with Crippen molar-refractivity contribution in [2.24, 2.45) is 5.92 Å². The predicted molar refractivity (Wildman–Crippen MR) is 64.5 cm³/mol. The van der Waals surface area contributed by atoms with Crippen LogP contribution in [0.3, 0.4) is 0 Å². The van der Waals surface area contributed by atoms with Crippen LogP contribution in [0.1, 0.15) is 34.1 Å². The first-order valence-corrected chi connectivity index (χ1v) is 5.63.